The second kappa shape index (κ2) is 7.88. The molecule has 28 heavy (non-hydrogen) atoms. The Bertz CT molecular complexity index is 930. The zero-order valence-electron chi connectivity index (χ0n) is 14.8. The van der Waals surface area contributed by atoms with Crippen LogP contribution < -0.4 is 0 Å². The molecule has 11 heteroatoms. The highest BCUT2D eigenvalue weighted by molar-refractivity contribution is 9.10. The Morgan fingerprint density at radius 3 is 2.29 bits per heavy atom. The molecule has 1 aliphatic heterocycles. The third kappa shape index (κ3) is 4.91. The van der Waals surface area contributed by atoms with E-state index >= 15 is 0 Å². The van der Waals surface area contributed by atoms with Gasteiger partial charge in [-0.1, -0.05) is 15.9 Å². The van der Waals surface area contributed by atoms with Crippen molar-refractivity contribution in [3.63, 3.8) is 0 Å². The minimum Gasteiger partial charge on any atom is -0.375 e. The van der Waals surface area contributed by atoms with Gasteiger partial charge in [-0.05, 0) is 50.3 Å². The molecule has 0 spiro atoms. The number of alkyl halides is 3. The number of rotatable bonds is 4. The molecule has 1 heterocycles. The Morgan fingerprint density at radius 1 is 1.04 bits per heavy atom. The second-order valence-electron chi connectivity index (χ2n) is 7.23. The molecular weight excluding hydrogens is 485 g/mol. The van der Waals surface area contributed by atoms with Gasteiger partial charge in [-0.15, -0.1) is 0 Å². The van der Waals surface area contributed by atoms with Crippen molar-refractivity contribution >= 4 is 35.6 Å². The van der Waals surface area contributed by atoms with Crippen LogP contribution in [0.15, 0.2) is 27.6 Å². The summed E-state index contributed by atoms with van der Waals surface area (Å²) in [6.07, 6.45) is -3.96. The van der Waals surface area contributed by atoms with Crippen molar-refractivity contribution in [1.82, 2.24) is 0 Å². The predicted octanol–water partition coefficient (Wildman–Crippen LogP) is 3.76. The van der Waals surface area contributed by atoms with E-state index in [1.165, 1.54) is 6.07 Å². The van der Waals surface area contributed by atoms with E-state index in [0.717, 1.165) is 12.1 Å². The first-order chi connectivity index (χ1) is 12.9. The average Bonchev–Trinajstić information content (AvgIpc) is 3.05. The molecule has 0 aromatic heterocycles. The van der Waals surface area contributed by atoms with E-state index in [1.54, 1.807) is 0 Å². The van der Waals surface area contributed by atoms with Gasteiger partial charge in [0.1, 0.15) is 0 Å². The van der Waals surface area contributed by atoms with E-state index in [4.69, 9.17) is 4.74 Å². The number of hydrogen-bond acceptors (Lipinski definition) is 5. The van der Waals surface area contributed by atoms with Gasteiger partial charge < -0.3 is 4.74 Å². The maximum Gasteiger partial charge on any atom is 0.417 e. The molecule has 2 unspecified atom stereocenters. The Kier molecular flexibility index (Phi) is 6.21. The minimum atomic E-state index is -4.78. The van der Waals surface area contributed by atoms with Gasteiger partial charge in [0, 0.05) is 4.47 Å². The number of halogens is 4. The zero-order valence-corrected chi connectivity index (χ0v) is 18.0. The summed E-state index contributed by atoms with van der Waals surface area (Å²) in [5.41, 5.74) is -1.18. The summed E-state index contributed by atoms with van der Waals surface area (Å²) in [6, 6.07) is 3.05. The minimum absolute atomic E-state index is 0.0416. The monoisotopic (exact) mass is 504 g/mol. The quantitative estimate of drug-likeness (QED) is 0.623. The molecule has 0 radical (unpaired) electrons. The van der Waals surface area contributed by atoms with E-state index in [1.807, 2.05) is 0 Å². The maximum absolute atomic E-state index is 13.3. The summed E-state index contributed by atoms with van der Waals surface area (Å²) < 4.78 is 94.8. The van der Waals surface area contributed by atoms with Gasteiger partial charge in [-0.2, -0.15) is 13.2 Å². The highest BCUT2D eigenvalue weighted by Gasteiger charge is 2.43. The molecule has 1 aromatic rings. The number of sulfone groups is 2. The van der Waals surface area contributed by atoms with E-state index in [0.29, 0.717) is 19.3 Å². The summed E-state index contributed by atoms with van der Waals surface area (Å²) in [4.78, 5) is -0.711. The number of benzene rings is 1. The molecule has 1 saturated carbocycles. The van der Waals surface area contributed by atoms with Crippen molar-refractivity contribution in [2.45, 2.75) is 60.6 Å². The Labute approximate surface area is 170 Å². The van der Waals surface area contributed by atoms with Crippen molar-refractivity contribution < 1.29 is 34.7 Å². The van der Waals surface area contributed by atoms with Crippen LogP contribution in [-0.2, 0) is 30.6 Å². The standard InChI is InChI=1S/C17H20BrF3O5S2/c18-11-1-4-16(15(9-11)17(19,20)21)28(24,25)14-3-2-13(10-14)26-12-5-7-27(22,23)8-6-12/h1,4,9,12-14H,2-3,5-8,10H2. The summed E-state index contributed by atoms with van der Waals surface area (Å²) in [5, 5.41) is -0.952. The van der Waals surface area contributed by atoms with Crippen molar-refractivity contribution in [1.29, 1.82) is 0 Å². The number of hydrogen-bond donors (Lipinski definition) is 0. The SMILES string of the molecule is O=S1(=O)CCC(OC2CCC(S(=O)(=O)c3ccc(Br)cc3C(F)(F)F)C2)CC1. The molecule has 3 rings (SSSR count). The molecule has 2 atom stereocenters. The van der Waals surface area contributed by atoms with E-state index in [2.05, 4.69) is 15.9 Å². The first-order valence-electron chi connectivity index (χ1n) is 8.85. The normalized spacial score (nSPS) is 26.4. The zero-order chi connectivity index (χ0) is 20.7. The van der Waals surface area contributed by atoms with Gasteiger partial charge >= 0.3 is 6.18 Å². The molecule has 0 amide bonds. The number of ether oxygens (including phenoxy) is 1. The summed E-state index contributed by atoms with van der Waals surface area (Å²) in [7, 11) is -7.21. The first kappa shape index (κ1) is 22.0. The third-order valence-corrected chi connectivity index (χ3v) is 9.70. The fourth-order valence-corrected chi connectivity index (χ4v) is 7.56. The van der Waals surface area contributed by atoms with Crippen molar-refractivity contribution in [3.05, 3.63) is 28.2 Å². The lowest BCUT2D eigenvalue weighted by molar-refractivity contribution is -0.139. The summed E-state index contributed by atoms with van der Waals surface area (Å²) in [5.74, 6) is 0.0832. The van der Waals surface area contributed by atoms with Crippen LogP contribution in [0.3, 0.4) is 0 Å². The van der Waals surface area contributed by atoms with Crippen LogP contribution in [0.5, 0.6) is 0 Å². The van der Waals surface area contributed by atoms with Gasteiger partial charge in [0.15, 0.2) is 19.7 Å². The van der Waals surface area contributed by atoms with Gasteiger partial charge in [0.2, 0.25) is 0 Å². The van der Waals surface area contributed by atoms with E-state index in [-0.39, 0.29) is 34.9 Å². The van der Waals surface area contributed by atoms with Crippen molar-refractivity contribution in [2.75, 3.05) is 11.5 Å². The predicted molar refractivity (Wildman–Crippen MR) is 101 cm³/mol. The van der Waals surface area contributed by atoms with Crippen LogP contribution in [0, 0.1) is 0 Å². The molecule has 158 valence electrons. The Hall–Kier alpha value is -0.650. The third-order valence-electron chi connectivity index (χ3n) is 5.22. The molecule has 2 aliphatic rings. The highest BCUT2D eigenvalue weighted by atomic mass is 79.9. The van der Waals surface area contributed by atoms with Gasteiger partial charge in [0.25, 0.3) is 0 Å². The Morgan fingerprint density at radius 2 is 1.68 bits per heavy atom. The molecule has 5 nitrogen and oxygen atoms in total. The van der Waals surface area contributed by atoms with Crippen LogP contribution in [0.2, 0.25) is 0 Å². The van der Waals surface area contributed by atoms with Crippen LogP contribution in [0.25, 0.3) is 0 Å². The molecule has 1 aromatic carbocycles. The Balaban J connectivity index is 1.73. The summed E-state index contributed by atoms with van der Waals surface area (Å²) in [6.45, 7) is 0. The largest absolute Gasteiger partial charge is 0.417 e. The maximum atomic E-state index is 13.3. The van der Waals surface area contributed by atoms with Crippen LogP contribution in [-0.4, -0.2) is 45.8 Å². The van der Waals surface area contributed by atoms with Gasteiger partial charge in [-0.3, -0.25) is 0 Å². The fraction of sp³-hybridized carbons (Fsp3) is 0.647. The highest BCUT2D eigenvalue weighted by Crippen LogP contribution is 2.40. The van der Waals surface area contributed by atoms with E-state index in [9.17, 15) is 30.0 Å². The average molecular weight is 505 g/mol. The topological polar surface area (TPSA) is 77.5 Å². The van der Waals surface area contributed by atoms with Crippen molar-refractivity contribution in [3.8, 4) is 0 Å². The van der Waals surface area contributed by atoms with Crippen LogP contribution in [0.1, 0.15) is 37.7 Å². The lowest BCUT2D eigenvalue weighted by Gasteiger charge is -2.25. The van der Waals surface area contributed by atoms with Gasteiger partial charge in [-0.25, -0.2) is 16.8 Å². The second-order valence-corrected chi connectivity index (χ2v) is 12.6. The molecule has 2 fully saturated rings. The first-order valence-corrected chi connectivity index (χ1v) is 13.0. The molecular formula is C17H20BrF3O5S2. The summed E-state index contributed by atoms with van der Waals surface area (Å²) >= 11 is 2.95. The molecule has 0 bridgehead atoms. The fourth-order valence-electron chi connectivity index (χ4n) is 3.73. The van der Waals surface area contributed by atoms with E-state index < -0.39 is 47.7 Å². The molecule has 1 saturated heterocycles. The molecule has 0 N–H and O–H groups in total. The van der Waals surface area contributed by atoms with Crippen molar-refractivity contribution in [2.24, 2.45) is 0 Å². The van der Waals surface area contributed by atoms with Crippen LogP contribution >= 0.6 is 15.9 Å². The van der Waals surface area contributed by atoms with Gasteiger partial charge in [0.05, 0.1) is 39.4 Å². The molecule has 1 aliphatic carbocycles. The lowest BCUT2D eigenvalue weighted by Crippen LogP contribution is -2.31. The smallest absolute Gasteiger partial charge is 0.375 e. The van der Waals surface area contributed by atoms with Crippen LogP contribution in [0.4, 0.5) is 13.2 Å². The lowest BCUT2D eigenvalue weighted by atomic mass is 10.2.